The van der Waals surface area contributed by atoms with E-state index in [0.29, 0.717) is 10.4 Å². The van der Waals surface area contributed by atoms with Crippen molar-refractivity contribution in [2.45, 2.75) is 0 Å². The molecule has 1 heterocycles. The van der Waals surface area contributed by atoms with Crippen molar-refractivity contribution < 1.29 is 0 Å². The molecule has 2 nitrogen and oxygen atoms in total. The highest BCUT2D eigenvalue weighted by atomic mass is 79.9. The third-order valence-corrected chi connectivity index (χ3v) is 1.96. The molecule has 9 heavy (non-hydrogen) atoms. The summed E-state index contributed by atoms with van der Waals surface area (Å²) in [6.07, 6.45) is 1.56. The summed E-state index contributed by atoms with van der Waals surface area (Å²) >= 11 is 7.99. The van der Waals surface area contributed by atoms with Gasteiger partial charge in [0.05, 0.1) is 4.47 Å². The van der Waals surface area contributed by atoms with E-state index in [1.807, 2.05) is 0 Å². The van der Waals surface area contributed by atoms with Crippen molar-refractivity contribution in [3.05, 3.63) is 15.3 Å². The van der Waals surface area contributed by atoms with E-state index in [0.717, 1.165) is 4.47 Å². The van der Waals surface area contributed by atoms with Crippen molar-refractivity contribution in [3.8, 4) is 0 Å². The van der Waals surface area contributed by atoms with Gasteiger partial charge < -0.3 is 4.98 Å². The van der Waals surface area contributed by atoms with Gasteiger partial charge in [-0.2, -0.15) is 0 Å². The monoisotopic (exact) mass is 200 g/mol. The molecule has 0 aliphatic carbocycles. The smallest absolute Gasteiger partial charge is 0.167 e. The lowest BCUT2D eigenvalue weighted by atomic mass is 10.1. The number of halogens is 1. The maximum atomic E-state index is 5.27. The molecule has 1 aromatic heterocycles. The highest BCUT2D eigenvalue weighted by molar-refractivity contribution is 9.10. The van der Waals surface area contributed by atoms with Crippen molar-refractivity contribution in [1.82, 2.24) is 9.97 Å². The lowest BCUT2D eigenvalue weighted by Gasteiger charge is -1.91. The van der Waals surface area contributed by atoms with E-state index in [-0.39, 0.29) is 0 Å². The number of hydrogen-bond acceptors (Lipinski definition) is 2. The summed E-state index contributed by atoms with van der Waals surface area (Å²) in [7, 11) is 5.27. The number of H-pyrrole nitrogens is 1. The molecular weight excluding hydrogens is 199 g/mol. The lowest BCUT2D eigenvalue weighted by Crippen LogP contribution is -2.12. The molecule has 0 spiro atoms. The van der Waals surface area contributed by atoms with E-state index in [4.69, 9.17) is 20.1 Å². The molecule has 0 saturated carbocycles. The van der Waals surface area contributed by atoms with Crippen LogP contribution in [0.4, 0.5) is 0 Å². The molecule has 1 aromatic rings. The van der Waals surface area contributed by atoms with Crippen LogP contribution in [-0.4, -0.2) is 17.8 Å². The Morgan fingerprint density at radius 2 is 2.44 bits per heavy atom. The highest BCUT2D eigenvalue weighted by Crippen LogP contribution is 2.04. The van der Waals surface area contributed by atoms with Crippen LogP contribution >= 0.6 is 28.1 Å². The third-order valence-electron chi connectivity index (χ3n) is 0.775. The molecule has 5 heteroatoms. The molecule has 2 radical (unpaired) electrons. The normalized spacial score (nSPS) is 9.44. The van der Waals surface area contributed by atoms with Crippen molar-refractivity contribution in [3.63, 3.8) is 0 Å². The summed E-state index contributed by atoms with van der Waals surface area (Å²) in [4.78, 5) is 6.42. The summed E-state index contributed by atoms with van der Waals surface area (Å²) in [5, 5.41) is 0. The average Bonchev–Trinajstić information content (AvgIpc) is 1.80. The van der Waals surface area contributed by atoms with Crippen LogP contribution in [0.1, 0.15) is 0 Å². The molecular formula is C4H2BBrN2S. The van der Waals surface area contributed by atoms with Crippen molar-refractivity contribution in [2.75, 3.05) is 0 Å². The molecule has 0 aromatic carbocycles. The van der Waals surface area contributed by atoms with E-state index < -0.39 is 0 Å². The Morgan fingerprint density at radius 1 is 1.78 bits per heavy atom. The molecule has 1 N–H and O–H groups in total. The Morgan fingerprint density at radius 3 is 2.89 bits per heavy atom. The SMILES string of the molecule is [B]c1ncc(Br)c(=S)[nH]1. The molecule has 44 valence electrons. The zero-order valence-electron chi connectivity index (χ0n) is 4.39. The van der Waals surface area contributed by atoms with Crippen molar-refractivity contribution >= 4 is 41.7 Å². The summed E-state index contributed by atoms with van der Waals surface area (Å²) in [6, 6.07) is 0. The van der Waals surface area contributed by atoms with Crippen LogP contribution in [0.15, 0.2) is 10.7 Å². The van der Waals surface area contributed by atoms with E-state index in [1.54, 1.807) is 6.20 Å². The Hall–Kier alpha value is -0.155. The van der Waals surface area contributed by atoms with Crippen LogP contribution in [0.5, 0.6) is 0 Å². The molecule has 1 rings (SSSR count). The lowest BCUT2D eigenvalue weighted by molar-refractivity contribution is 1.20. The van der Waals surface area contributed by atoms with Crippen LogP contribution in [0.25, 0.3) is 0 Å². The molecule has 0 aliphatic heterocycles. The number of rotatable bonds is 0. The van der Waals surface area contributed by atoms with Gasteiger partial charge >= 0.3 is 0 Å². The minimum Gasteiger partial charge on any atom is -0.343 e. The topological polar surface area (TPSA) is 28.7 Å². The van der Waals surface area contributed by atoms with Crippen LogP contribution < -0.4 is 5.72 Å². The van der Waals surface area contributed by atoms with Gasteiger partial charge in [0.15, 0.2) is 7.85 Å². The molecule has 0 atom stereocenters. The van der Waals surface area contributed by atoms with Gasteiger partial charge in [-0.05, 0) is 15.9 Å². The number of aromatic nitrogens is 2. The first kappa shape index (κ1) is 6.96. The number of hydrogen-bond donors (Lipinski definition) is 1. The van der Waals surface area contributed by atoms with Gasteiger partial charge in [-0.15, -0.1) is 0 Å². The second kappa shape index (κ2) is 2.62. The van der Waals surface area contributed by atoms with Gasteiger partial charge in [-0.25, -0.2) is 0 Å². The van der Waals surface area contributed by atoms with Gasteiger partial charge in [-0.1, -0.05) is 12.2 Å². The van der Waals surface area contributed by atoms with Crippen LogP contribution in [0.3, 0.4) is 0 Å². The first-order valence-corrected chi connectivity index (χ1v) is 3.40. The summed E-state index contributed by atoms with van der Waals surface area (Å²) < 4.78 is 1.33. The van der Waals surface area contributed by atoms with Gasteiger partial charge in [0.25, 0.3) is 0 Å². The summed E-state index contributed by atoms with van der Waals surface area (Å²) in [6.45, 7) is 0. The van der Waals surface area contributed by atoms with Crippen LogP contribution in [0, 0.1) is 4.64 Å². The molecule has 0 aliphatic rings. The predicted octanol–water partition coefficient (Wildman–Crippen LogP) is 0.695. The fourth-order valence-electron chi connectivity index (χ4n) is 0.393. The molecule has 0 bridgehead atoms. The number of nitrogens with one attached hydrogen (secondary N) is 1. The van der Waals surface area contributed by atoms with E-state index in [2.05, 4.69) is 25.9 Å². The first-order chi connectivity index (χ1) is 4.20. The van der Waals surface area contributed by atoms with Crippen molar-refractivity contribution in [2.24, 2.45) is 0 Å². The van der Waals surface area contributed by atoms with E-state index in [9.17, 15) is 0 Å². The largest absolute Gasteiger partial charge is 0.343 e. The minimum atomic E-state index is 0.336. The second-order valence-electron chi connectivity index (χ2n) is 1.45. The van der Waals surface area contributed by atoms with Gasteiger partial charge in [-0.3, -0.25) is 4.98 Å². The number of nitrogens with zero attached hydrogens (tertiary/aromatic N) is 1. The molecule has 0 amide bonds. The fraction of sp³-hybridized carbons (Fsp3) is 0. The summed E-state index contributed by atoms with van der Waals surface area (Å²) in [5.41, 5.74) is 0.336. The minimum absolute atomic E-state index is 0.336. The Bertz CT molecular complexity index is 272. The zero-order valence-corrected chi connectivity index (χ0v) is 6.79. The Labute approximate surface area is 67.2 Å². The second-order valence-corrected chi connectivity index (χ2v) is 2.71. The Balaban J connectivity index is 3.34. The third kappa shape index (κ3) is 1.62. The molecule has 0 saturated heterocycles. The molecule has 0 fully saturated rings. The highest BCUT2D eigenvalue weighted by Gasteiger charge is 1.88. The standard InChI is InChI=1S/C4H2BBrN2S/c5-4-7-1-2(6)3(9)8-4/h1H,(H,7,8,9). The van der Waals surface area contributed by atoms with Crippen LogP contribution in [0.2, 0.25) is 0 Å². The Kier molecular flexibility index (Phi) is 2.03. The van der Waals surface area contributed by atoms with Gasteiger partial charge in [0.1, 0.15) is 4.64 Å². The van der Waals surface area contributed by atoms with Crippen molar-refractivity contribution in [1.29, 1.82) is 0 Å². The maximum Gasteiger partial charge on any atom is 0.167 e. The predicted molar refractivity (Wildman–Crippen MR) is 42.5 cm³/mol. The van der Waals surface area contributed by atoms with E-state index in [1.165, 1.54) is 0 Å². The number of aromatic amines is 1. The van der Waals surface area contributed by atoms with Gasteiger partial charge in [0.2, 0.25) is 0 Å². The average molecular weight is 201 g/mol. The fourth-order valence-corrected chi connectivity index (χ4v) is 0.752. The quantitative estimate of drug-likeness (QED) is 0.494. The maximum absolute atomic E-state index is 5.27. The zero-order chi connectivity index (χ0) is 6.85. The van der Waals surface area contributed by atoms with Crippen LogP contribution in [-0.2, 0) is 0 Å². The summed E-state index contributed by atoms with van der Waals surface area (Å²) in [5.74, 6) is 0. The van der Waals surface area contributed by atoms with E-state index >= 15 is 0 Å². The van der Waals surface area contributed by atoms with Gasteiger partial charge in [0, 0.05) is 11.9 Å². The first-order valence-electron chi connectivity index (χ1n) is 2.20. The molecule has 0 unspecified atom stereocenters.